The molecule has 1 aliphatic carbocycles. The lowest BCUT2D eigenvalue weighted by molar-refractivity contribution is -0.134. The van der Waals surface area contributed by atoms with Crippen LogP contribution in [-0.4, -0.2) is 74.8 Å². The molecule has 1 aromatic rings. The van der Waals surface area contributed by atoms with E-state index in [1.165, 1.54) is 39.2 Å². The maximum Gasteiger partial charge on any atom is 0.257 e. The second-order valence-corrected chi connectivity index (χ2v) is 9.87. The summed E-state index contributed by atoms with van der Waals surface area (Å²) in [6.07, 6.45) is 7.48. The van der Waals surface area contributed by atoms with Crippen LogP contribution in [0.2, 0.25) is 0 Å². The Labute approximate surface area is 206 Å². The van der Waals surface area contributed by atoms with Gasteiger partial charge in [0.25, 0.3) is 5.91 Å². The normalized spacial score (nSPS) is 24.9. The molecule has 0 aromatic heterocycles. The highest BCUT2D eigenvalue weighted by Crippen LogP contribution is 2.32. The van der Waals surface area contributed by atoms with Crippen molar-refractivity contribution in [2.24, 2.45) is 5.92 Å². The van der Waals surface area contributed by atoms with Gasteiger partial charge in [-0.2, -0.15) is 0 Å². The number of methoxy groups -OCH3 is 1. The van der Waals surface area contributed by atoms with Gasteiger partial charge < -0.3 is 29.7 Å². The highest BCUT2D eigenvalue weighted by molar-refractivity contribution is 6.00. The molecule has 2 aliphatic heterocycles. The lowest BCUT2D eigenvalue weighted by atomic mass is 9.89. The zero-order valence-corrected chi connectivity index (χ0v) is 20.7. The van der Waals surface area contributed by atoms with Crippen LogP contribution in [0.25, 0.3) is 0 Å². The van der Waals surface area contributed by atoms with Gasteiger partial charge in [0, 0.05) is 26.4 Å². The minimum absolute atomic E-state index is 0.0311. The zero-order valence-electron chi connectivity index (χ0n) is 20.7. The van der Waals surface area contributed by atoms with Crippen LogP contribution in [-0.2, 0) is 19.1 Å². The molecule has 3 amide bonds. The Morgan fingerprint density at radius 3 is 2.69 bits per heavy atom. The third kappa shape index (κ3) is 6.52. The summed E-state index contributed by atoms with van der Waals surface area (Å²) >= 11 is 0. The molecule has 0 radical (unpaired) electrons. The van der Waals surface area contributed by atoms with Crippen molar-refractivity contribution >= 4 is 23.4 Å². The molecule has 9 nitrogen and oxygen atoms in total. The van der Waals surface area contributed by atoms with E-state index in [0.717, 1.165) is 13.0 Å². The Hall–Kier alpha value is -2.65. The van der Waals surface area contributed by atoms with Crippen LogP contribution in [0.4, 0.5) is 5.69 Å². The number of carbonyl (C=O) groups is 3. The van der Waals surface area contributed by atoms with E-state index in [1.807, 2.05) is 0 Å². The summed E-state index contributed by atoms with van der Waals surface area (Å²) in [5.74, 6) is 0.584. The number of anilines is 1. The van der Waals surface area contributed by atoms with Crippen molar-refractivity contribution in [3.05, 3.63) is 23.8 Å². The summed E-state index contributed by atoms with van der Waals surface area (Å²) in [6.45, 7) is 0.968. The largest absolute Gasteiger partial charge is 0.490 e. The number of nitrogens with one attached hydrogen (secondary N) is 2. The Balaban J connectivity index is 1.35. The van der Waals surface area contributed by atoms with Gasteiger partial charge in [0.15, 0.2) is 0 Å². The highest BCUT2D eigenvalue weighted by atomic mass is 16.5. The van der Waals surface area contributed by atoms with Crippen molar-refractivity contribution in [3.63, 3.8) is 0 Å². The standard InChI is InChI=1S/C26H37N3O6/c1-29-21-10-9-19(13-24(30)27-14-17-6-4-3-5-7-17)35-23(21)15-34-22-11-8-18(12-20(22)26(29)32)28-25(31)16-33-2/h8,11-12,17,19,21,23H,3-7,9-10,13-16H2,1-2H3,(H,27,30)(H,28,31)/t19-,21-,23-/m1/s1. The number of likely N-dealkylation sites (N-methyl/N-ethyl adjacent to an activating group) is 1. The van der Waals surface area contributed by atoms with Gasteiger partial charge in [0.1, 0.15) is 25.1 Å². The van der Waals surface area contributed by atoms with Crippen LogP contribution in [0.5, 0.6) is 5.75 Å². The van der Waals surface area contributed by atoms with E-state index in [4.69, 9.17) is 14.2 Å². The smallest absolute Gasteiger partial charge is 0.257 e. The van der Waals surface area contributed by atoms with Crippen molar-refractivity contribution < 1.29 is 28.6 Å². The number of hydrogen-bond donors (Lipinski definition) is 2. The minimum atomic E-state index is -0.317. The van der Waals surface area contributed by atoms with Gasteiger partial charge in [-0.05, 0) is 49.8 Å². The first-order chi connectivity index (χ1) is 16.9. The monoisotopic (exact) mass is 487 g/mol. The fourth-order valence-corrected chi connectivity index (χ4v) is 5.36. The van der Waals surface area contributed by atoms with E-state index < -0.39 is 0 Å². The maximum absolute atomic E-state index is 13.3. The van der Waals surface area contributed by atoms with Crippen LogP contribution in [0.15, 0.2) is 18.2 Å². The van der Waals surface area contributed by atoms with Crippen LogP contribution in [0.1, 0.15) is 61.7 Å². The number of fused-ring (bicyclic) bond motifs is 2. The average molecular weight is 488 g/mol. The third-order valence-electron chi connectivity index (χ3n) is 7.30. The highest BCUT2D eigenvalue weighted by Gasteiger charge is 2.39. The Morgan fingerprint density at radius 1 is 1.11 bits per heavy atom. The van der Waals surface area contributed by atoms with Gasteiger partial charge in [0.2, 0.25) is 11.8 Å². The summed E-state index contributed by atoms with van der Waals surface area (Å²) in [7, 11) is 3.22. The SMILES string of the molecule is COCC(=O)Nc1ccc2c(c1)C(=O)N(C)[C@@H]1CC[C@H](CC(=O)NCC3CCCCC3)O[C@@H]1CO2. The van der Waals surface area contributed by atoms with E-state index in [9.17, 15) is 14.4 Å². The van der Waals surface area contributed by atoms with E-state index in [-0.39, 0.29) is 49.2 Å². The summed E-state index contributed by atoms with van der Waals surface area (Å²) in [4.78, 5) is 39.4. The molecule has 9 heteroatoms. The molecule has 0 bridgehead atoms. The molecule has 2 fully saturated rings. The zero-order chi connectivity index (χ0) is 24.8. The molecule has 2 heterocycles. The summed E-state index contributed by atoms with van der Waals surface area (Å²) in [5.41, 5.74) is 0.901. The summed E-state index contributed by atoms with van der Waals surface area (Å²) in [5, 5.41) is 5.82. The number of amides is 3. The van der Waals surface area contributed by atoms with Crippen molar-refractivity contribution in [1.29, 1.82) is 0 Å². The molecule has 3 atom stereocenters. The Bertz CT molecular complexity index is 916. The van der Waals surface area contributed by atoms with Gasteiger partial charge in [-0.25, -0.2) is 0 Å². The number of rotatable bonds is 7. The molecule has 1 saturated heterocycles. The van der Waals surface area contributed by atoms with Crippen LogP contribution in [0.3, 0.4) is 0 Å². The molecule has 0 spiro atoms. The van der Waals surface area contributed by atoms with Gasteiger partial charge in [0.05, 0.1) is 24.1 Å². The first-order valence-electron chi connectivity index (χ1n) is 12.7. The summed E-state index contributed by atoms with van der Waals surface area (Å²) in [6, 6.07) is 4.86. The number of carbonyl (C=O) groups excluding carboxylic acids is 3. The van der Waals surface area contributed by atoms with Crippen molar-refractivity contribution in [3.8, 4) is 5.75 Å². The van der Waals surface area contributed by atoms with Crippen LogP contribution >= 0.6 is 0 Å². The maximum atomic E-state index is 13.3. The first kappa shape index (κ1) is 25.4. The summed E-state index contributed by atoms with van der Waals surface area (Å²) < 4.78 is 17.1. The predicted octanol–water partition coefficient (Wildman–Crippen LogP) is 2.74. The van der Waals surface area contributed by atoms with Crippen molar-refractivity contribution in [2.45, 2.75) is 69.6 Å². The quantitative estimate of drug-likeness (QED) is 0.613. The average Bonchev–Trinajstić information content (AvgIpc) is 2.86. The second-order valence-electron chi connectivity index (χ2n) is 9.87. The molecule has 4 rings (SSSR count). The molecule has 3 aliphatic rings. The molecule has 192 valence electrons. The topological polar surface area (TPSA) is 106 Å². The van der Waals surface area contributed by atoms with Crippen LogP contribution in [0, 0.1) is 5.92 Å². The lowest BCUT2D eigenvalue weighted by Crippen LogP contribution is -2.54. The molecular weight excluding hydrogens is 450 g/mol. The molecule has 1 saturated carbocycles. The third-order valence-corrected chi connectivity index (χ3v) is 7.30. The number of hydrogen-bond acceptors (Lipinski definition) is 6. The minimum Gasteiger partial charge on any atom is -0.490 e. The predicted molar refractivity (Wildman–Crippen MR) is 130 cm³/mol. The molecule has 0 unspecified atom stereocenters. The fourth-order valence-electron chi connectivity index (χ4n) is 5.36. The van der Waals surface area contributed by atoms with E-state index >= 15 is 0 Å². The number of ether oxygens (including phenoxy) is 3. The van der Waals surface area contributed by atoms with E-state index in [0.29, 0.717) is 35.8 Å². The fraction of sp³-hybridized carbons (Fsp3) is 0.654. The van der Waals surface area contributed by atoms with Crippen molar-refractivity contribution in [1.82, 2.24) is 10.2 Å². The lowest BCUT2D eigenvalue weighted by Gasteiger charge is -2.42. The molecule has 2 N–H and O–H groups in total. The molecular formula is C26H37N3O6. The Kier molecular flexibility index (Phi) is 8.62. The Morgan fingerprint density at radius 2 is 1.91 bits per heavy atom. The number of benzene rings is 1. The van der Waals surface area contributed by atoms with Gasteiger partial charge >= 0.3 is 0 Å². The van der Waals surface area contributed by atoms with Gasteiger partial charge in [-0.1, -0.05) is 19.3 Å². The van der Waals surface area contributed by atoms with Gasteiger partial charge in [-0.15, -0.1) is 0 Å². The second kappa shape index (κ2) is 11.9. The first-order valence-corrected chi connectivity index (χ1v) is 12.7. The molecule has 1 aromatic carbocycles. The van der Waals surface area contributed by atoms with E-state index in [1.54, 1.807) is 30.1 Å². The van der Waals surface area contributed by atoms with Crippen LogP contribution < -0.4 is 15.4 Å². The number of nitrogens with zero attached hydrogens (tertiary/aromatic N) is 1. The molecule has 35 heavy (non-hydrogen) atoms. The van der Waals surface area contributed by atoms with Crippen molar-refractivity contribution in [2.75, 3.05) is 39.2 Å². The van der Waals surface area contributed by atoms with E-state index in [2.05, 4.69) is 10.6 Å². The van der Waals surface area contributed by atoms with Gasteiger partial charge in [-0.3, -0.25) is 14.4 Å².